The zero-order chi connectivity index (χ0) is 14.9. The predicted molar refractivity (Wildman–Crippen MR) is 72.4 cm³/mol. The molecule has 1 aliphatic rings. The van der Waals surface area contributed by atoms with Gasteiger partial charge in [-0.2, -0.15) is 0 Å². The highest BCUT2D eigenvalue weighted by Crippen LogP contribution is 2.31. The van der Waals surface area contributed by atoms with Crippen LogP contribution in [0.1, 0.15) is 23.7 Å². The van der Waals surface area contributed by atoms with E-state index >= 15 is 0 Å². The average Bonchev–Trinajstić information content (AvgIpc) is 2.57. The van der Waals surface area contributed by atoms with Gasteiger partial charge in [-0.3, -0.25) is 9.59 Å². The van der Waals surface area contributed by atoms with Crippen LogP contribution in [0.2, 0.25) is 0 Å². The van der Waals surface area contributed by atoms with E-state index in [1.54, 1.807) is 0 Å². The fourth-order valence-corrected chi connectivity index (χ4v) is 3.41. The molecule has 0 unspecified atom stereocenters. The van der Waals surface area contributed by atoms with Crippen LogP contribution in [0.3, 0.4) is 0 Å². The molecule has 0 radical (unpaired) electrons. The summed E-state index contributed by atoms with van der Waals surface area (Å²) in [5.74, 6) is -1.23. The molecule has 8 heteroatoms. The number of rotatable bonds is 4. The summed E-state index contributed by atoms with van der Waals surface area (Å²) >= 11 is 0. The third-order valence-electron chi connectivity index (χ3n) is 2.89. The first-order chi connectivity index (χ1) is 9.37. The minimum Gasteiger partial charge on any atom is -0.399 e. The highest BCUT2D eigenvalue weighted by molar-refractivity contribution is 7.90. The van der Waals surface area contributed by atoms with E-state index in [1.807, 2.05) is 6.92 Å². The van der Waals surface area contributed by atoms with Gasteiger partial charge in [-0.15, -0.1) is 0 Å². The van der Waals surface area contributed by atoms with Gasteiger partial charge in [0.15, 0.2) is 0 Å². The molecule has 1 aromatic carbocycles. The van der Waals surface area contributed by atoms with Crippen LogP contribution in [-0.2, 0) is 14.8 Å². The van der Waals surface area contributed by atoms with Crippen LogP contribution < -0.4 is 11.1 Å². The molecule has 0 saturated heterocycles. The lowest BCUT2D eigenvalue weighted by molar-refractivity contribution is -0.121. The van der Waals surface area contributed by atoms with Crippen molar-refractivity contribution in [1.29, 1.82) is 0 Å². The van der Waals surface area contributed by atoms with E-state index in [2.05, 4.69) is 5.32 Å². The normalized spacial score (nSPS) is 16.1. The SMILES string of the molecule is CCCNC(=O)CN1C(=O)c2cc(N)ccc2S1(=O)=O. The van der Waals surface area contributed by atoms with Gasteiger partial charge in [0.1, 0.15) is 11.4 Å². The number of carbonyl (C=O) groups is 2. The molecule has 1 heterocycles. The van der Waals surface area contributed by atoms with Gasteiger partial charge in [-0.05, 0) is 24.6 Å². The first-order valence-corrected chi connectivity index (χ1v) is 7.55. The number of nitrogens with two attached hydrogens (primary N) is 1. The summed E-state index contributed by atoms with van der Waals surface area (Å²) in [7, 11) is -3.97. The average molecular weight is 297 g/mol. The van der Waals surface area contributed by atoms with E-state index in [-0.39, 0.29) is 10.5 Å². The van der Waals surface area contributed by atoms with E-state index in [9.17, 15) is 18.0 Å². The molecule has 0 fully saturated rings. The maximum absolute atomic E-state index is 12.2. The number of hydrogen-bond donors (Lipinski definition) is 2. The Morgan fingerprint density at radius 2 is 2.10 bits per heavy atom. The van der Waals surface area contributed by atoms with Crippen molar-refractivity contribution in [3.05, 3.63) is 23.8 Å². The Hall–Kier alpha value is -2.09. The fraction of sp³-hybridized carbons (Fsp3) is 0.333. The number of sulfonamides is 1. The fourth-order valence-electron chi connectivity index (χ4n) is 1.91. The van der Waals surface area contributed by atoms with Crippen LogP contribution >= 0.6 is 0 Å². The molecule has 7 nitrogen and oxygen atoms in total. The smallest absolute Gasteiger partial charge is 0.269 e. The second-order valence-corrected chi connectivity index (χ2v) is 6.25. The van der Waals surface area contributed by atoms with Crippen LogP contribution in [0, 0.1) is 0 Å². The van der Waals surface area contributed by atoms with Crippen molar-refractivity contribution in [2.24, 2.45) is 0 Å². The van der Waals surface area contributed by atoms with Crippen LogP contribution in [0.4, 0.5) is 5.69 Å². The molecule has 0 saturated carbocycles. The van der Waals surface area contributed by atoms with Crippen molar-refractivity contribution >= 4 is 27.5 Å². The summed E-state index contributed by atoms with van der Waals surface area (Å²) in [6.07, 6.45) is 0.725. The number of amides is 2. The third kappa shape index (κ3) is 2.34. The van der Waals surface area contributed by atoms with Crippen LogP contribution in [0.25, 0.3) is 0 Å². The maximum Gasteiger partial charge on any atom is 0.269 e. The molecule has 0 atom stereocenters. The Bertz CT molecular complexity index is 669. The number of hydrogen-bond acceptors (Lipinski definition) is 5. The van der Waals surface area contributed by atoms with Gasteiger partial charge in [0.2, 0.25) is 5.91 Å². The second kappa shape index (κ2) is 5.12. The number of fused-ring (bicyclic) bond motifs is 1. The molecule has 0 aliphatic carbocycles. The summed E-state index contributed by atoms with van der Waals surface area (Å²) in [5.41, 5.74) is 5.85. The lowest BCUT2D eigenvalue weighted by atomic mass is 10.2. The zero-order valence-corrected chi connectivity index (χ0v) is 11.7. The van der Waals surface area contributed by atoms with Gasteiger partial charge < -0.3 is 11.1 Å². The van der Waals surface area contributed by atoms with Gasteiger partial charge in [-0.1, -0.05) is 6.92 Å². The Labute approximate surface area is 116 Å². The molecule has 1 aliphatic heterocycles. The highest BCUT2D eigenvalue weighted by Gasteiger charge is 2.42. The van der Waals surface area contributed by atoms with Gasteiger partial charge in [0.05, 0.1) is 5.56 Å². The Morgan fingerprint density at radius 1 is 1.40 bits per heavy atom. The number of nitrogens with one attached hydrogen (secondary N) is 1. The molecule has 0 aromatic heterocycles. The molecule has 3 N–H and O–H groups in total. The summed E-state index contributed by atoms with van der Waals surface area (Å²) in [4.78, 5) is 23.6. The first-order valence-electron chi connectivity index (χ1n) is 6.11. The minimum absolute atomic E-state index is 0.00768. The molecule has 1 aromatic rings. The molecule has 108 valence electrons. The van der Waals surface area contributed by atoms with Crippen molar-refractivity contribution in [3.8, 4) is 0 Å². The lowest BCUT2D eigenvalue weighted by Gasteiger charge is -2.14. The van der Waals surface area contributed by atoms with Crippen LogP contribution in [-0.4, -0.2) is 37.6 Å². The summed E-state index contributed by atoms with van der Waals surface area (Å²) in [6, 6.07) is 3.99. The molecular weight excluding hydrogens is 282 g/mol. The quantitative estimate of drug-likeness (QED) is 0.757. The van der Waals surface area contributed by atoms with E-state index in [4.69, 9.17) is 5.73 Å². The molecule has 2 rings (SSSR count). The minimum atomic E-state index is -3.97. The van der Waals surface area contributed by atoms with Crippen LogP contribution in [0.15, 0.2) is 23.1 Å². The zero-order valence-electron chi connectivity index (χ0n) is 10.9. The number of benzene rings is 1. The molecule has 0 spiro atoms. The van der Waals surface area contributed by atoms with Gasteiger partial charge in [0.25, 0.3) is 15.9 Å². The van der Waals surface area contributed by atoms with E-state index < -0.39 is 28.4 Å². The van der Waals surface area contributed by atoms with Crippen LogP contribution in [0.5, 0.6) is 0 Å². The predicted octanol–water partition coefficient (Wildman–Crippen LogP) is -0.0605. The number of anilines is 1. The second-order valence-electron chi connectivity index (χ2n) is 4.42. The number of carbonyl (C=O) groups excluding carboxylic acids is 2. The Morgan fingerprint density at radius 3 is 2.75 bits per heavy atom. The first kappa shape index (κ1) is 14.3. The summed E-state index contributed by atoms with van der Waals surface area (Å²) in [5, 5.41) is 2.53. The van der Waals surface area contributed by atoms with E-state index in [0.29, 0.717) is 16.5 Å². The van der Waals surface area contributed by atoms with Crippen molar-refractivity contribution in [2.75, 3.05) is 18.8 Å². The lowest BCUT2D eigenvalue weighted by Crippen LogP contribution is -2.40. The molecule has 20 heavy (non-hydrogen) atoms. The molecule has 0 bridgehead atoms. The largest absolute Gasteiger partial charge is 0.399 e. The van der Waals surface area contributed by atoms with Gasteiger partial charge in [-0.25, -0.2) is 12.7 Å². The van der Waals surface area contributed by atoms with Crippen molar-refractivity contribution in [1.82, 2.24) is 9.62 Å². The highest BCUT2D eigenvalue weighted by atomic mass is 32.2. The van der Waals surface area contributed by atoms with Gasteiger partial charge >= 0.3 is 0 Å². The van der Waals surface area contributed by atoms with E-state index in [1.165, 1.54) is 18.2 Å². The topological polar surface area (TPSA) is 110 Å². The Kier molecular flexibility index (Phi) is 3.67. The molecular formula is C12H15N3O4S. The standard InChI is InChI=1S/C12H15N3O4S/c1-2-5-14-11(16)7-15-12(17)9-6-8(13)3-4-10(9)20(15,18)19/h3-4,6H,2,5,7,13H2,1H3,(H,14,16). The monoisotopic (exact) mass is 297 g/mol. The third-order valence-corrected chi connectivity index (χ3v) is 4.67. The van der Waals surface area contributed by atoms with Gasteiger partial charge in [0, 0.05) is 12.2 Å². The summed E-state index contributed by atoms with van der Waals surface area (Å²) in [6.45, 7) is 1.78. The summed E-state index contributed by atoms with van der Waals surface area (Å²) < 4.78 is 25.0. The van der Waals surface area contributed by atoms with E-state index in [0.717, 1.165) is 6.42 Å². The Balaban J connectivity index is 2.30. The molecule has 2 amide bonds. The maximum atomic E-state index is 12.2. The van der Waals surface area contributed by atoms with Crippen molar-refractivity contribution in [2.45, 2.75) is 18.2 Å². The van der Waals surface area contributed by atoms with Crippen molar-refractivity contribution in [3.63, 3.8) is 0 Å². The number of nitrogens with zero attached hydrogens (tertiary/aromatic N) is 1. The number of nitrogen functional groups attached to an aromatic ring is 1. The van der Waals surface area contributed by atoms with Crippen molar-refractivity contribution < 1.29 is 18.0 Å².